The van der Waals surface area contributed by atoms with E-state index in [0.717, 1.165) is 31.4 Å². The first kappa shape index (κ1) is 31.5. The van der Waals surface area contributed by atoms with Crippen molar-refractivity contribution in [3.63, 3.8) is 0 Å². The van der Waals surface area contributed by atoms with Crippen LogP contribution in [0.4, 0.5) is 0 Å². The van der Waals surface area contributed by atoms with Crippen molar-refractivity contribution in [2.45, 2.75) is 44.9 Å². The Balaban J connectivity index is 2.01. The summed E-state index contributed by atoms with van der Waals surface area (Å²) < 4.78 is 37.7. The molecule has 0 saturated carbocycles. The Bertz CT molecular complexity index is 1240. The van der Waals surface area contributed by atoms with Crippen molar-refractivity contribution in [1.29, 1.82) is 0 Å². The Labute approximate surface area is 230 Å². The molecular weight excluding hydrogens is 570 g/mol. The van der Waals surface area contributed by atoms with Gasteiger partial charge in [0.15, 0.2) is 6.61 Å². The highest BCUT2D eigenvalue weighted by Gasteiger charge is 2.29. The number of benzene rings is 1. The molecule has 4 N–H and O–H groups in total. The summed E-state index contributed by atoms with van der Waals surface area (Å²) in [6, 6.07) is 1.86. The standard InChI is InChI=1S/C24H32N2O12P2/c27-22(26-11-7-5-8-12-26)17-36-25-19-10-6-3-1-2-4-9-13-35-24(28)23-18(14-19)15-20(37-39(29,30)31)16-21(23)38-40(32,33)34/h2,4,6,10,15-16H,1,3,5,7-9,11-14,17H2,(H2,29,30,31)(H2,32,33,34)/b4-2+,10-6+,25-19+. The summed E-state index contributed by atoms with van der Waals surface area (Å²) in [7, 11) is -10.4. The lowest BCUT2D eigenvalue weighted by Crippen LogP contribution is -2.37. The maximum Gasteiger partial charge on any atom is 0.524 e. The highest BCUT2D eigenvalue weighted by molar-refractivity contribution is 7.47. The van der Waals surface area contributed by atoms with Crippen molar-refractivity contribution < 1.29 is 56.9 Å². The van der Waals surface area contributed by atoms with E-state index in [1.165, 1.54) is 0 Å². The number of ether oxygens (including phenoxy) is 1. The zero-order valence-corrected chi connectivity index (χ0v) is 23.4. The van der Waals surface area contributed by atoms with Gasteiger partial charge in [-0.1, -0.05) is 23.4 Å². The van der Waals surface area contributed by atoms with Crippen LogP contribution in [-0.2, 0) is 29.9 Å². The molecule has 0 radical (unpaired) electrons. The maximum atomic E-state index is 13.1. The number of esters is 1. The molecule has 0 aliphatic carbocycles. The number of hydrogen-bond donors (Lipinski definition) is 4. The second-order valence-electron chi connectivity index (χ2n) is 8.97. The van der Waals surface area contributed by atoms with E-state index >= 15 is 0 Å². The van der Waals surface area contributed by atoms with Gasteiger partial charge in [-0.05, 0) is 56.2 Å². The zero-order chi connectivity index (χ0) is 29.2. The van der Waals surface area contributed by atoms with Gasteiger partial charge >= 0.3 is 21.6 Å². The van der Waals surface area contributed by atoms with E-state index in [2.05, 4.69) is 14.2 Å². The number of phosphoric ester groups is 2. The fourth-order valence-corrected chi connectivity index (χ4v) is 4.85. The highest BCUT2D eigenvalue weighted by Crippen LogP contribution is 2.45. The Kier molecular flexibility index (Phi) is 11.5. The second-order valence-corrected chi connectivity index (χ2v) is 11.3. The van der Waals surface area contributed by atoms with Crippen LogP contribution in [-0.4, -0.2) is 68.4 Å². The molecule has 0 spiro atoms. The minimum Gasteiger partial charge on any atom is -0.462 e. The Morgan fingerprint density at radius 1 is 0.950 bits per heavy atom. The van der Waals surface area contributed by atoms with Crippen LogP contribution in [0.1, 0.15) is 54.4 Å². The first-order valence-corrected chi connectivity index (χ1v) is 15.6. The lowest BCUT2D eigenvalue weighted by molar-refractivity contribution is -0.137. The van der Waals surface area contributed by atoms with Gasteiger partial charge in [-0.2, -0.15) is 0 Å². The quantitative estimate of drug-likeness (QED) is 0.154. The minimum absolute atomic E-state index is 0.0404. The molecular formula is C24H32N2O12P2. The van der Waals surface area contributed by atoms with Crippen molar-refractivity contribution >= 4 is 33.2 Å². The average molecular weight is 602 g/mol. The van der Waals surface area contributed by atoms with Crippen LogP contribution in [0.15, 0.2) is 41.6 Å². The van der Waals surface area contributed by atoms with Crippen LogP contribution in [0.3, 0.4) is 0 Å². The largest absolute Gasteiger partial charge is 0.524 e. The van der Waals surface area contributed by atoms with Gasteiger partial charge in [-0.15, -0.1) is 0 Å². The molecule has 1 aromatic rings. The number of carbonyl (C=O) groups is 2. The monoisotopic (exact) mass is 602 g/mol. The molecule has 2 aliphatic heterocycles. The van der Waals surface area contributed by atoms with E-state index in [4.69, 9.17) is 9.57 Å². The summed E-state index contributed by atoms with van der Waals surface area (Å²) in [6.45, 7) is 0.880. The first-order valence-electron chi connectivity index (χ1n) is 12.5. The van der Waals surface area contributed by atoms with Gasteiger partial charge in [0.25, 0.3) is 5.91 Å². The summed E-state index contributed by atoms with van der Waals surface area (Å²) in [4.78, 5) is 70.0. The fourth-order valence-electron chi connectivity index (χ4n) is 4.07. The maximum absolute atomic E-state index is 13.1. The van der Waals surface area contributed by atoms with Gasteiger partial charge in [0, 0.05) is 25.6 Å². The number of oxime groups is 1. The second kappa shape index (κ2) is 14.6. The molecule has 0 unspecified atom stereocenters. The van der Waals surface area contributed by atoms with Crippen molar-refractivity contribution in [3.05, 3.63) is 47.6 Å². The van der Waals surface area contributed by atoms with Gasteiger partial charge in [0.2, 0.25) is 0 Å². The predicted octanol–water partition coefficient (Wildman–Crippen LogP) is 3.01. The Morgan fingerprint density at radius 2 is 1.62 bits per heavy atom. The molecule has 16 heteroatoms. The number of hydrogen-bond acceptors (Lipinski definition) is 9. The van der Waals surface area contributed by atoms with E-state index in [1.54, 1.807) is 17.1 Å². The van der Waals surface area contributed by atoms with E-state index < -0.39 is 38.7 Å². The summed E-state index contributed by atoms with van der Waals surface area (Å²) in [5.41, 5.74) is -0.258. The number of amides is 1. The Hall–Kier alpha value is -2.99. The van der Waals surface area contributed by atoms with Gasteiger partial charge in [0.05, 0.1) is 12.3 Å². The van der Waals surface area contributed by atoms with Crippen molar-refractivity contribution in [2.24, 2.45) is 5.16 Å². The molecule has 2 heterocycles. The molecule has 40 heavy (non-hydrogen) atoms. The first-order chi connectivity index (χ1) is 18.9. The number of allylic oxidation sites excluding steroid dienone is 3. The predicted molar refractivity (Wildman–Crippen MR) is 142 cm³/mol. The lowest BCUT2D eigenvalue weighted by atomic mass is 9.99. The van der Waals surface area contributed by atoms with Gasteiger partial charge in [-0.3, -0.25) is 24.4 Å². The SMILES string of the molecule is O=C1OCC/C=C/CC/C=C/C(=N\OCC(=O)N2CCCCC2)Cc2cc(OP(=O)(O)O)cc(OP(=O)(O)O)c21. The van der Waals surface area contributed by atoms with E-state index in [1.807, 2.05) is 12.2 Å². The average Bonchev–Trinajstić information content (AvgIpc) is 2.85. The van der Waals surface area contributed by atoms with Crippen LogP contribution >= 0.6 is 15.6 Å². The number of nitrogens with zero attached hydrogens (tertiary/aromatic N) is 2. The van der Waals surface area contributed by atoms with Gasteiger partial charge < -0.3 is 23.5 Å². The number of fused-ring (bicyclic) bond motifs is 1. The Morgan fingerprint density at radius 3 is 2.33 bits per heavy atom. The minimum atomic E-state index is -5.24. The van der Waals surface area contributed by atoms with Crippen LogP contribution in [0, 0.1) is 0 Å². The van der Waals surface area contributed by atoms with E-state index in [0.29, 0.717) is 32.4 Å². The van der Waals surface area contributed by atoms with Crippen LogP contribution in [0.25, 0.3) is 0 Å². The molecule has 1 fully saturated rings. The summed E-state index contributed by atoms with van der Waals surface area (Å²) >= 11 is 0. The topological polar surface area (TPSA) is 202 Å². The third-order valence-electron chi connectivity index (χ3n) is 5.75. The third kappa shape index (κ3) is 10.9. The molecule has 1 aromatic carbocycles. The number of cyclic esters (lactones) is 1. The number of rotatable bonds is 7. The third-order valence-corrected chi connectivity index (χ3v) is 6.63. The van der Waals surface area contributed by atoms with E-state index in [9.17, 15) is 38.3 Å². The molecule has 1 saturated heterocycles. The van der Waals surface area contributed by atoms with Gasteiger partial charge in [-0.25, -0.2) is 13.9 Å². The molecule has 3 rings (SSSR count). The lowest BCUT2D eigenvalue weighted by Gasteiger charge is -2.26. The number of likely N-dealkylation sites (tertiary alicyclic amines) is 1. The summed E-state index contributed by atoms with van der Waals surface area (Å²) in [6.07, 6.45) is 11.4. The van der Waals surface area contributed by atoms with Crippen LogP contribution < -0.4 is 9.05 Å². The van der Waals surface area contributed by atoms with E-state index in [-0.39, 0.29) is 36.8 Å². The smallest absolute Gasteiger partial charge is 0.462 e. The van der Waals surface area contributed by atoms with Crippen molar-refractivity contribution in [1.82, 2.24) is 4.90 Å². The van der Waals surface area contributed by atoms with Crippen molar-refractivity contribution in [2.75, 3.05) is 26.3 Å². The summed E-state index contributed by atoms with van der Waals surface area (Å²) in [5, 5.41) is 4.04. The highest BCUT2D eigenvalue weighted by atomic mass is 31.2. The molecule has 1 amide bonds. The number of piperidine rings is 1. The molecule has 0 atom stereocenters. The fraction of sp³-hybridized carbons (Fsp3) is 0.458. The van der Waals surface area contributed by atoms with Crippen molar-refractivity contribution in [3.8, 4) is 11.5 Å². The summed E-state index contributed by atoms with van der Waals surface area (Å²) in [5.74, 6) is -2.49. The normalized spacial score (nSPS) is 20.1. The van der Waals surface area contributed by atoms with Gasteiger partial charge in [0.1, 0.15) is 17.1 Å². The number of phosphoric acid groups is 2. The molecule has 220 valence electrons. The molecule has 0 aromatic heterocycles. The zero-order valence-electron chi connectivity index (χ0n) is 21.6. The van der Waals surface area contributed by atoms with Crippen LogP contribution in [0.5, 0.6) is 11.5 Å². The van der Waals surface area contributed by atoms with Crippen LogP contribution in [0.2, 0.25) is 0 Å². The molecule has 14 nitrogen and oxygen atoms in total. The molecule has 2 aliphatic rings. The molecule has 0 bridgehead atoms. The number of carbonyl (C=O) groups excluding carboxylic acids is 2.